The highest BCUT2D eigenvalue weighted by atomic mass is 35.5. The van der Waals surface area contributed by atoms with Gasteiger partial charge in [-0.25, -0.2) is 4.98 Å². The zero-order chi connectivity index (χ0) is 15.9. The molecule has 2 heterocycles. The number of benzene rings is 1. The first kappa shape index (κ1) is 14.5. The smallest absolute Gasteiger partial charge is 0.257 e. The van der Waals surface area contributed by atoms with Crippen LogP contribution in [0.1, 0.15) is 21.6 Å². The van der Waals surface area contributed by atoms with Crippen molar-refractivity contribution in [1.82, 2.24) is 4.98 Å². The molecule has 0 spiro atoms. The van der Waals surface area contributed by atoms with Gasteiger partial charge in [-0.05, 0) is 37.6 Å². The predicted octanol–water partition coefficient (Wildman–Crippen LogP) is 3.17. The standard InChI is InChI=1S/C16H14ClN3O2/c1-9-4-3-5-11-14(9)20(13(21)8-17)15-12(19-16(11)22)7-6-10(2)18-15/h3-7H,8H2,1-2H3,(H,19,22). The number of alkyl halides is 1. The van der Waals surface area contributed by atoms with Crippen LogP contribution in [-0.2, 0) is 4.79 Å². The number of nitrogens with zero attached hydrogens (tertiary/aromatic N) is 2. The molecule has 112 valence electrons. The second kappa shape index (κ2) is 5.42. The van der Waals surface area contributed by atoms with Gasteiger partial charge in [-0.3, -0.25) is 14.5 Å². The summed E-state index contributed by atoms with van der Waals surface area (Å²) in [7, 11) is 0. The molecule has 2 aromatic rings. The van der Waals surface area contributed by atoms with Gasteiger partial charge in [0.25, 0.3) is 5.91 Å². The van der Waals surface area contributed by atoms with Crippen LogP contribution in [0.5, 0.6) is 0 Å². The van der Waals surface area contributed by atoms with E-state index >= 15 is 0 Å². The topological polar surface area (TPSA) is 62.3 Å². The van der Waals surface area contributed by atoms with Crippen LogP contribution in [0.3, 0.4) is 0 Å². The van der Waals surface area contributed by atoms with Gasteiger partial charge >= 0.3 is 0 Å². The number of aryl methyl sites for hydroxylation is 2. The van der Waals surface area contributed by atoms with Crippen molar-refractivity contribution in [1.29, 1.82) is 0 Å². The van der Waals surface area contributed by atoms with E-state index in [0.29, 0.717) is 22.8 Å². The number of rotatable bonds is 1. The van der Waals surface area contributed by atoms with Crippen molar-refractivity contribution in [2.24, 2.45) is 0 Å². The van der Waals surface area contributed by atoms with E-state index in [2.05, 4.69) is 10.3 Å². The number of hydrogen-bond acceptors (Lipinski definition) is 3. The summed E-state index contributed by atoms with van der Waals surface area (Å²) < 4.78 is 0. The summed E-state index contributed by atoms with van der Waals surface area (Å²) in [5, 5.41) is 2.80. The number of halogens is 1. The SMILES string of the molecule is Cc1ccc2c(n1)N(C(=O)CCl)c1c(C)cccc1C(=O)N2. The molecule has 0 bridgehead atoms. The van der Waals surface area contributed by atoms with E-state index in [0.717, 1.165) is 11.3 Å². The van der Waals surface area contributed by atoms with Gasteiger partial charge in [0.2, 0.25) is 5.91 Å². The molecule has 1 aromatic carbocycles. The molecular formula is C16H14ClN3O2. The quantitative estimate of drug-likeness (QED) is 0.822. The van der Waals surface area contributed by atoms with Gasteiger partial charge < -0.3 is 5.32 Å². The number of aromatic nitrogens is 1. The Balaban J connectivity index is 2.36. The van der Waals surface area contributed by atoms with Crippen molar-refractivity contribution in [2.45, 2.75) is 13.8 Å². The van der Waals surface area contributed by atoms with E-state index in [1.54, 1.807) is 24.3 Å². The highest BCUT2D eigenvalue weighted by Gasteiger charge is 2.31. The Kier molecular flexibility index (Phi) is 3.58. The fourth-order valence-corrected chi connectivity index (χ4v) is 2.67. The number of amides is 2. The Morgan fingerprint density at radius 2 is 2.05 bits per heavy atom. The van der Waals surface area contributed by atoms with Gasteiger partial charge in [0.05, 0.1) is 16.9 Å². The Morgan fingerprint density at radius 1 is 1.27 bits per heavy atom. The molecule has 1 N–H and O–H groups in total. The van der Waals surface area contributed by atoms with E-state index in [1.807, 2.05) is 19.9 Å². The fourth-order valence-electron chi connectivity index (χ4n) is 2.55. The van der Waals surface area contributed by atoms with Gasteiger partial charge in [0.15, 0.2) is 5.82 Å². The molecular weight excluding hydrogens is 302 g/mol. The number of carbonyl (C=O) groups is 2. The average molecular weight is 316 g/mol. The van der Waals surface area contributed by atoms with Gasteiger partial charge in [-0.1, -0.05) is 12.1 Å². The Hall–Kier alpha value is -2.40. The second-order valence-corrected chi connectivity index (χ2v) is 5.38. The number of nitrogens with one attached hydrogen (secondary N) is 1. The molecule has 0 saturated carbocycles. The van der Waals surface area contributed by atoms with Gasteiger partial charge in [-0.2, -0.15) is 0 Å². The lowest BCUT2D eigenvalue weighted by Crippen LogP contribution is -2.29. The molecule has 3 rings (SSSR count). The molecule has 0 atom stereocenters. The average Bonchev–Trinajstić information content (AvgIpc) is 2.62. The summed E-state index contributed by atoms with van der Waals surface area (Å²) in [6, 6.07) is 8.84. The molecule has 1 aliphatic heterocycles. The normalized spacial score (nSPS) is 13.0. The van der Waals surface area contributed by atoms with Crippen LogP contribution in [0, 0.1) is 13.8 Å². The van der Waals surface area contributed by atoms with Crippen molar-refractivity contribution >= 4 is 40.6 Å². The van der Waals surface area contributed by atoms with Crippen molar-refractivity contribution in [3.63, 3.8) is 0 Å². The largest absolute Gasteiger partial charge is 0.319 e. The minimum Gasteiger partial charge on any atom is -0.319 e. The summed E-state index contributed by atoms with van der Waals surface area (Å²) in [4.78, 5) is 30.7. The van der Waals surface area contributed by atoms with E-state index in [4.69, 9.17) is 11.6 Å². The minimum atomic E-state index is -0.326. The van der Waals surface area contributed by atoms with Gasteiger partial charge in [0.1, 0.15) is 5.88 Å². The summed E-state index contributed by atoms with van der Waals surface area (Å²) in [5.74, 6) is -0.396. The number of anilines is 3. The van der Waals surface area contributed by atoms with E-state index < -0.39 is 0 Å². The predicted molar refractivity (Wildman–Crippen MR) is 86.0 cm³/mol. The van der Waals surface area contributed by atoms with Crippen LogP contribution in [0.2, 0.25) is 0 Å². The first-order valence-corrected chi connectivity index (χ1v) is 7.34. The van der Waals surface area contributed by atoms with Crippen LogP contribution in [0.4, 0.5) is 17.2 Å². The highest BCUT2D eigenvalue weighted by Crippen LogP contribution is 2.38. The van der Waals surface area contributed by atoms with E-state index in [1.165, 1.54) is 4.90 Å². The first-order valence-electron chi connectivity index (χ1n) is 6.80. The Bertz CT molecular complexity index is 789. The molecule has 6 heteroatoms. The lowest BCUT2D eigenvalue weighted by Gasteiger charge is -2.24. The molecule has 1 aliphatic rings. The number of hydrogen-bond donors (Lipinski definition) is 1. The third kappa shape index (κ3) is 2.23. The lowest BCUT2D eigenvalue weighted by atomic mass is 10.1. The van der Waals surface area contributed by atoms with Crippen LogP contribution >= 0.6 is 11.6 Å². The van der Waals surface area contributed by atoms with Gasteiger partial charge in [0, 0.05) is 5.69 Å². The summed E-state index contributed by atoms with van der Waals surface area (Å²) in [5.41, 5.74) is 3.00. The maximum atomic E-state index is 12.5. The maximum absolute atomic E-state index is 12.5. The van der Waals surface area contributed by atoms with Crippen LogP contribution in [-0.4, -0.2) is 22.7 Å². The third-order valence-electron chi connectivity index (χ3n) is 3.54. The Labute approximate surface area is 132 Å². The fraction of sp³-hybridized carbons (Fsp3) is 0.188. The first-order chi connectivity index (χ1) is 10.5. The van der Waals surface area contributed by atoms with Crippen LogP contribution in [0.25, 0.3) is 0 Å². The van der Waals surface area contributed by atoms with E-state index in [9.17, 15) is 9.59 Å². The maximum Gasteiger partial charge on any atom is 0.257 e. The molecule has 0 aliphatic carbocycles. The number of para-hydroxylation sites is 1. The van der Waals surface area contributed by atoms with Crippen molar-refractivity contribution in [3.8, 4) is 0 Å². The lowest BCUT2D eigenvalue weighted by molar-refractivity contribution is -0.115. The van der Waals surface area contributed by atoms with Gasteiger partial charge in [-0.15, -0.1) is 11.6 Å². The molecule has 1 aromatic heterocycles. The number of fused-ring (bicyclic) bond motifs is 2. The number of pyridine rings is 1. The van der Waals surface area contributed by atoms with E-state index in [-0.39, 0.29) is 17.7 Å². The molecule has 0 saturated heterocycles. The van der Waals surface area contributed by atoms with Crippen molar-refractivity contribution in [3.05, 3.63) is 47.2 Å². The molecule has 5 nitrogen and oxygen atoms in total. The summed E-state index contributed by atoms with van der Waals surface area (Å²) in [6.45, 7) is 3.68. The molecule has 0 fully saturated rings. The number of carbonyl (C=O) groups excluding carboxylic acids is 2. The van der Waals surface area contributed by atoms with Crippen molar-refractivity contribution in [2.75, 3.05) is 16.1 Å². The van der Waals surface area contributed by atoms with Crippen LogP contribution in [0.15, 0.2) is 30.3 Å². The molecule has 22 heavy (non-hydrogen) atoms. The summed E-state index contributed by atoms with van der Waals surface area (Å²) >= 11 is 5.78. The molecule has 2 amide bonds. The second-order valence-electron chi connectivity index (χ2n) is 5.11. The molecule has 0 radical (unpaired) electrons. The molecule has 0 unspecified atom stereocenters. The van der Waals surface area contributed by atoms with Crippen molar-refractivity contribution < 1.29 is 9.59 Å². The third-order valence-corrected chi connectivity index (χ3v) is 3.77. The van der Waals surface area contributed by atoms with Crippen LogP contribution < -0.4 is 10.2 Å². The zero-order valence-electron chi connectivity index (χ0n) is 12.2. The Morgan fingerprint density at radius 3 is 2.77 bits per heavy atom. The zero-order valence-corrected chi connectivity index (χ0v) is 12.9. The highest BCUT2D eigenvalue weighted by molar-refractivity contribution is 6.31. The summed E-state index contributed by atoms with van der Waals surface area (Å²) in [6.07, 6.45) is 0. The monoisotopic (exact) mass is 315 g/mol. The minimum absolute atomic E-state index is 0.197.